The number of benzene rings is 1. The first kappa shape index (κ1) is 43.7. The van der Waals surface area contributed by atoms with Crippen LogP contribution in [0.25, 0.3) is 16.6 Å². The smallest absolute Gasteiger partial charge is 0.284 e. The number of halogens is 3. The number of imide groups is 1. The number of fused-ring (bicyclic) bond motifs is 2. The molecule has 2 aliphatic carbocycles. The highest BCUT2D eigenvalue weighted by molar-refractivity contribution is 6.08. The first-order valence-electron chi connectivity index (χ1n) is 23.8. The topological polar surface area (TPSA) is 160 Å². The largest absolute Gasteiger partial charge is 0.362 e. The molecular weight excluding hydrogens is 866 g/mol. The lowest BCUT2D eigenvalue weighted by atomic mass is 9.81. The molecule has 0 spiro atoms. The summed E-state index contributed by atoms with van der Waals surface area (Å²) in [6.45, 7) is 5.84. The second kappa shape index (κ2) is 18.0. The number of aromatic nitrogens is 7. The molecule has 1 unspecified atom stereocenters. The van der Waals surface area contributed by atoms with E-state index in [1.807, 2.05) is 28.9 Å². The van der Waals surface area contributed by atoms with E-state index < -0.39 is 36.2 Å². The van der Waals surface area contributed by atoms with E-state index >= 15 is 4.39 Å². The van der Waals surface area contributed by atoms with Gasteiger partial charge in [-0.25, -0.2) is 22.7 Å². The SMILES string of the molecule is CN1CC(C2CN(c3ccn4ncc(C(=O)Nc5cn([C@H]6CC[C@H](CN7CC[C@H](OCC#Cc8cccc9c(C%10CCC(=O)NC%10=O)nn(C%10CC%10)c89)[C@H](F)C7)CC6)nc5C(F)F)c4n3)C2)C1. The van der Waals surface area contributed by atoms with Gasteiger partial charge in [-0.05, 0) is 88.3 Å². The van der Waals surface area contributed by atoms with Crippen molar-refractivity contribution < 1.29 is 32.3 Å². The summed E-state index contributed by atoms with van der Waals surface area (Å²) < 4.78 is 55.3. The summed E-state index contributed by atoms with van der Waals surface area (Å²) in [5.74, 6) is 7.09. The number of ether oxygens (including phenoxy) is 1. The van der Waals surface area contributed by atoms with E-state index in [0.717, 1.165) is 93.5 Å². The fourth-order valence-corrected chi connectivity index (χ4v) is 10.9. The van der Waals surface area contributed by atoms with Crippen LogP contribution in [-0.4, -0.2) is 133 Å². The summed E-state index contributed by atoms with van der Waals surface area (Å²) in [6.07, 6.45) is 6.43. The molecule has 2 N–H and O–H groups in total. The summed E-state index contributed by atoms with van der Waals surface area (Å²) in [4.78, 5) is 49.6. The van der Waals surface area contributed by atoms with Crippen molar-refractivity contribution >= 4 is 45.8 Å². The highest BCUT2D eigenvalue weighted by Gasteiger charge is 2.40. The van der Waals surface area contributed by atoms with Crippen LogP contribution >= 0.6 is 0 Å². The van der Waals surface area contributed by atoms with Crippen LogP contribution < -0.4 is 15.5 Å². The van der Waals surface area contributed by atoms with Crippen molar-refractivity contribution in [1.29, 1.82) is 0 Å². The zero-order valence-corrected chi connectivity index (χ0v) is 37.5. The monoisotopic (exact) mass is 920 g/mol. The Morgan fingerprint density at radius 2 is 1.76 bits per heavy atom. The molecule has 11 rings (SSSR count). The van der Waals surface area contributed by atoms with Crippen LogP contribution in [-0.2, 0) is 14.3 Å². The van der Waals surface area contributed by atoms with Crippen LogP contribution in [0.2, 0.25) is 0 Å². The van der Waals surface area contributed by atoms with Gasteiger partial charge in [0.25, 0.3) is 12.3 Å². The molecular formula is C48H55F3N12O4. The molecule has 5 aromatic rings. The van der Waals surface area contributed by atoms with Crippen molar-refractivity contribution in [2.75, 3.05) is 69.7 Å². The number of piperidine rings is 2. The van der Waals surface area contributed by atoms with Gasteiger partial charge in [0, 0.05) is 70.0 Å². The summed E-state index contributed by atoms with van der Waals surface area (Å²) in [7, 11) is 2.13. The fraction of sp³-hybridized carbons (Fsp3) is 0.562. The van der Waals surface area contributed by atoms with Crippen LogP contribution in [0.4, 0.5) is 24.7 Å². The summed E-state index contributed by atoms with van der Waals surface area (Å²) >= 11 is 0. The van der Waals surface area contributed by atoms with Gasteiger partial charge in [-0.15, -0.1) is 0 Å². The van der Waals surface area contributed by atoms with Crippen molar-refractivity contribution in [2.24, 2.45) is 17.8 Å². The first-order chi connectivity index (χ1) is 32.5. The lowest BCUT2D eigenvalue weighted by Gasteiger charge is -2.50. The minimum atomic E-state index is -2.89. The number of hydrogen-bond donors (Lipinski definition) is 2. The predicted octanol–water partition coefficient (Wildman–Crippen LogP) is 5.53. The van der Waals surface area contributed by atoms with E-state index in [2.05, 4.69) is 54.4 Å². The fourth-order valence-electron chi connectivity index (χ4n) is 10.9. The van der Waals surface area contributed by atoms with Gasteiger partial charge in [0.2, 0.25) is 11.8 Å². The van der Waals surface area contributed by atoms with Gasteiger partial charge >= 0.3 is 0 Å². The summed E-state index contributed by atoms with van der Waals surface area (Å²) in [5, 5.41) is 19.5. The number of para-hydroxylation sites is 1. The number of nitrogens with one attached hydrogen (secondary N) is 2. The third kappa shape index (κ3) is 8.79. The standard InChI is InChI=1S/C48H55F3N12O4/c1-58-22-30(23-58)31-24-60(25-31)40-16-18-61-46(54-40)36(20-52-61)48(66)53-38-27-62(56-43(38)45(50)51)32-9-7-28(8-10-32)21-59-17-15-39(37(49)26-59)67-19-3-5-29-4-2-6-34-42(35-13-14-41(64)55-47(35)65)57-63(44(29)34)33-11-12-33/h2,4,6,16,18,20,27-28,30-33,35,37,39,45H,7-15,17,19,21-26H2,1H3,(H,53,66)(H,55,64,65)/t28-,32-,35?,37-,39+/m1/s1. The Bertz CT molecular complexity index is 2750. The molecule has 19 heteroatoms. The van der Waals surface area contributed by atoms with Crippen LogP contribution in [0.15, 0.2) is 42.9 Å². The number of carbonyl (C=O) groups is 3. The van der Waals surface area contributed by atoms with Crippen molar-refractivity contribution in [3.8, 4) is 11.8 Å². The number of hydrogen-bond acceptors (Lipinski definition) is 11. The average Bonchev–Trinajstić information content (AvgIpc) is 3.71. The molecule has 1 aromatic carbocycles. The van der Waals surface area contributed by atoms with Crippen LogP contribution in [0.1, 0.15) is 110 Å². The molecule has 352 valence electrons. The lowest BCUT2D eigenvalue weighted by Crippen LogP contribution is -2.58. The third-order valence-electron chi connectivity index (χ3n) is 14.9. The molecule has 8 heterocycles. The second-order valence-corrected chi connectivity index (χ2v) is 19.6. The number of alkyl halides is 3. The van der Waals surface area contributed by atoms with Crippen LogP contribution in [0.3, 0.4) is 0 Å². The third-order valence-corrected chi connectivity index (χ3v) is 14.9. The number of carbonyl (C=O) groups excluding carboxylic acids is 3. The zero-order valence-electron chi connectivity index (χ0n) is 37.5. The van der Waals surface area contributed by atoms with Crippen LogP contribution in [0, 0.1) is 29.6 Å². The highest BCUT2D eigenvalue weighted by atomic mass is 19.3. The minimum Gasteiger partial charge on any atom is -0.362 e. The van der Waals surface area contributed by atoms with Gasteiger partial charge in [0.05, 0.1) is 52.8 Å². The molecule has 3 atom stereocenters. The molecule has 4 saturated heterocycles. The van der Waals surface area contributed by atoms with Gasteiger partial charge < -0.3 is 19.9 Å². The van der Waals surface area contributed by atoms with E-state index in [0.29, 0.717) is 48.5 Å². The van der Waals surface area contributed by atoms with Crippen LogP contribution in [0.5, 0.6) is 0 Å². The van der Waals surface area contributed by atoms with Gasteiger partial charge in [-0.3, -0.25) is 34.0 Å². The number of anilines is 2. The lowest BCUT2D eigenvalue weighted by molar-refractivity contribution is -0.134. The second-order valence-electron chi connectivity index (χ2n) is 19.6. The number of likely N-dealkylation sites (tertiary alicyclic amines) is 2. The molecule has 2 saturated carbocycles. The summed E-state index contributed by atoms with van der Waals surface area (Å²) in [5.41, 5.74) is 2.37. The van der Waals surface area contributed by atoms with E-state index in [1.54, 1.807) is 10.9 Å². The van der Waals surface area contributed by atoms with Gasteiger partial charge in [0.15, 0.2) is 11.3 Å². The Labute approximate surface area is 385 Å². The van der Waals surface area contributed by atoms with E-state index in [1.165, 1.54) is 16.9 Å². The summed E-state index contributed by atoms with van der Waals surface area (Å²) in [6, 6.07) is 7.79. The molecule has 0 radical (unpaired) electrons. The van der Waals surface area contributed by atoms with E-state index in [9.17, 15) is 23.2 Å². The Balaban J connectivity index is 0.660. The Morgan fingerprint density at radius 1 is 0.970 bits per heavy atom. The first-order valence-corrected chi connectivity index (χ1v) is 23.8. The minimum absolute atomic E-state index is 0.0299. The Hall–Kier alpha value is -5.84. The number of nitrogens with zero attached hydrogens (tertiary/aromatic N) is 10. The molecule has 3 amide bonds. The van der Waals surface area contributed by atoms with E-state index in [4.69, 9.17) is 14.8 Å². The van der Waals surface area contributed by atoms with Crippen molar-refractivity contribution in [3.05, 3.63) is 65.4 Å². The molecule has 4 aliphatic heterocycles. The van der Waals surface area contributed by atoms with Crippen molar-refractivity contribution in [2.45, 2.75) is 94.5 Å². The maximum atomic E-state index is 15.6. The quantitative estimate of drug-likeness (QED) is 0.120. The van der Waals surface area contributed by atoms with Crippen molar-refractivity contribution in [3.63, 3.8) is 0 Å². The Morgan fingerprint density at radius 3 is 2.51 bits per heavy atom. The maximum Gasteiger partial charge on any atom is 0.284 e. The maximum absolute atomic E-state index is 15.6. The van der Waals surface area contributed by atoms with Gasteiger partial charge in [-0.2, -0.15) is 15.3 Å². The highest BCUT2D eigenvalue weighted by Crippen LogP contribution is 2.41. The molecule has 4 aromatic heterocycles. The molecule has 6 fully saturated rings. The molecule has 6 aliphatic rings. The predicted molar refractivity (Wildman–Crippen MR) is 242 cm³/mol. The molecule has 67 heavy (non-hydrogen) atoms. The molecule has 16 nitrogen and oxygen atoms in total. The van der Waals surface area contributed by atoms with Crippen molar-refractivity contribution in [1.82, 2.24) is 49.3 Å². The Kier molecular flexibility index (Phi) is 11.7. The average molecular weight is 921 g/mol. The number of amides is 3. The van der Waals surface area contributed by atoms with Gasteiger partial charge in [0.1, 0.15) is 24.2 Å². The normalized spacial score (nSPS) is 25.6. The van der Waals surface area contributed by atoms with Gasteiger partial charge in [-0.1, -0.05) is 24.0 Å². The number of rotatable bonds is 12. The zero-order chi connectivity index (χ0) is 45.9. The molecule has 0 bridgehead atoms. The van der Waals surface area contributed by atoms with E-state index in [-0.39, 0.29) is 54.7 Å².